The summed E-state index contributed by atoms with van der Waals surface area (Å²) in [4.78, 5) is 6.15. The molecule has 2 N–H and O–H groups in total. The van der Waals surface area contributed by atoms with Crippen LogP contribution >= 0.6 is 0 Å². The zero-order valence-corrected chi connectivity index (χ0v) is 13.1. The number of hydrogen-bond donors (Lipinski definition) is 2. The highest BCUT2D eigenvalue weighted by atomic mass is 32.2. The van der Waals surface area contributed by atoms with Gasteiger partial charge < -0.3 is 10.1 Å². The highest BCUT2D eigenvalue weighted by Gasteiger charge is 2.19. The van der Waals surface area contributed by atoms with E-state index in [9.17, 15) is 12.8 Å². The topological polar surface area (TPSA) is 83.0 Å². The zero-order chi connectivity index (χ0) is 16.0. The summed E-state index contributed by atoms with van der Waals surface area (Å²) in [5.74, 6) is -0.300. The number of hydrogen-bond acceptors (Lipinski definition) is 6. The molecule has 2 rings (SSSR count). The van der Waals surface area contributed by atoms with Gasteiger partial charge in [-0.3, -0.25) is 4.90 Å². The van der Waals surface area contributed by atoms with Crippen LogP contribution in [0.3, 0.4) is 0 Å². The minimum Gasteiger partial charge on any atom is -0.385 e. The molecule has 1 aromatic rings. The second kappa shape index (κ2) is 7.52. The van der Waals surface area contributed by atoms with Crippen LogP contribution in [-0.4, -0.2) is 52.9 Å². The van der Waals surface area contributed by atoms with Crippen molar-refractivity contribution in [3.05, 3.63) is 30.1 Å². The fourth-order valence-electron chi connectivity index (χ4n) is 1.91. The minimum absolute atomic E-state index is 0.0130. The molecule has 0 amide bonds. The van der Waals surface area contributed by atoms with Crippen LogP contribution in [-0.2, 0) is 14.8 Å². The second-order valence-electron chi connectivity index (χ2n) is 4.78. The molecule has 0 unspecified atom stereocenters. The maximum absolute atomic E-state index is 12.8. The van der Waals surface area contributed by atoms with Crippen LogP contribution in [0.2, 0.25) is 0 Å². The first-order valence-electron chi connectivity index (χ1n) is 6.79. The first kappa shape index (κ1) is 16.7. The van der Waals surface area contributed by atoms with Crippen LogP contribution in [0.5, 0.6) is 0 Å². The molecule has 122 valence electrons. The van der Waals surface area contributed by atoms with E-state index in [1.54, 1.807) is 7.11 Å². The van der Waals surface area contributed by atoms with E-state index < -0.39 is 15.8 Å². The number of sulfonamides is 1. The molecule has 0 aromatic heterocycles. The Morgan fingerprint density at radius 3 is 2.73 bits per heavy atom. The summed E-state index contributed by atoms with van der Waals surface area (Å²) in [6.07, 6.45) is 0.879. The first-order valence-corrected chi connectivity index (χ1v) is 8.27. The average molecular weight is 330 g/mol. The van der Waals surface area contributed by atoms with E-state index >= 15 is 0 Å². The molecule has 0 aliphatic carbocycles. The van der Waals surface area contributed by atoms with Crippen molar-refractivity contribution in [3.8, 4) is 0 Å². The van der Waals surface area contributed by atoms with Crippen LogP contribution < -0.4 is 10.0 Å². The minimum atomic E-state index is -3.76. The quantitative estimate of drug-likeness (QED) is 0.734. The third-order valence-corrected chi connectivity index (χ3v) is 4.43. The van der Waals surface area contributed by atoms with Gasteiger partial charge in [0.05, 0.1) is 18.2 Å². The third-order valence-electron chi connectivity index (χ3n) is 3.08. The Hall–Kier alpha value is -1.71. The number of nitrogens with zero attached hydrogens (tertiary/aromatic N) is 2. The summed E-state index contributed by atoms with van der Waals surface area (Å²) >= 11 is 0. The van der Waals surface area contributed by atoms with Crippen LogP contribution in [0.1, 0.15) is 6.42 Å². The van der Waals surface area contributed by atoms with E-state index in [0.717, 1.165) is 25.1 Å². The molecule has 1 aliphatic rings. The Morgan fingerprint density at radius 2 is 2.14 bits per heavy atom. The van der Waals surface area contributed by atoms with Crippen molar-refractivity contribution in [1.29, 1.82) is 0 Å². The first-order chi connectivity index (χ1) is 10.5. The Labute approximate surface area is 129 Å². The van der Waals surface area contributed by atoms with Crippen molar-refractivity contribution < 1.29 is 17.5 Å². The molecule has 1 heterocycles. The molecule has 22 heavy (non-hydrogen) atoms. The molecular formula is C13H19FN4O3S. The van der Waals surface area contributed by atoms with Crippen LogP contribution in [0.15, 0.2) is 34.2 Å². The van der Waals surface area contributed by atoms with Crippen molar-refractivity contribution in [3.63, 3.8) is 0 Å². The van der Waals surface area contributed by atoms with Crippen LogP contribution in [0.25, 0.3) is 0 Å². The summed E-state index contributed by atoms with van der Waals surface area (Å²) in [6, 6.07) is 4.61. The van der Waals surface area contributed by atoms with Gasteiger partial charge in [0.1, 0.15) is 5.82 Å². The van der Waals surface area contributed by atoms with Crippen LogP contribution in [0, 0.1) is 5.82 Å². The second-order valence-corrected chi connectivity index (χ2v) is 6.47. The number of ether oxygens (including phenoxy) is 1. The number of guanidine groups is 1. The Kier molecular flexibility index (Phi) is 5.69. The number of halogens is 1. The highest BCUT2D eigenvalue weighted by molar-refractivity contribution is 7.90. The number of methoxy groups -OCH3 is 1. The molecule has 1 aliphatic heterocycles. The normalized spacial score (nSPS) is 16.0. The summed E-state index contributed by atoms with van der Waals surface area (Å²) in [7, 11) is -2.12. The fourth-order valence-corrected chi connectivity index (χ4v) is 2.92. The van der Waals surface area contributed by atoms with Crippen molar-refractivity contribution in [2.24, 2.45) is 4.99 Å². The van der Waals surface area contributed by atoms with Crippen molar-refractivity contribution in [1.82, 2.24) is 14.9 Å². The lowest BCUT2D eigenvalue weighted by molar-refractivity contribution is 0.169. The van der Waals surface area contributed by atoms with Gasteiger partial charge in [0.2, 0.25) is 5.96 Å². The molecule has 0 radical (unpaired) electrons. The molecule has 0 spiro atoms. The molecule has 0 bridgehead atoms. The average Bonchev–Trinajstić information content (AvgIpc) is 2.49. The molecule has 0 saturated carbocycles. The Bertz CT molecular complexity index is 619. The lowest BCUT2D eigenvalue weighted by atomic mass is 10.4. The van der Waals surface area contributed by atoms with Gasteiger partial charge in [0, 0.05) is 20.3 Å². The number of aliphatic imine (C=N–C) groups is 1. The predicted molar refractivity (Wildman–Crippen MR) is 80.2 cm³/mol. The van der Waals surface area contributed by atoms with Gasteiger partial charge in [-0.05, 0) is 30.7 Å². The summed E-state index contributed by atoms with van der Waals surface area (Å²) in [6.45, 7) is 2.37. The molecule has 0 atom stereocenters. The molecular weight excluding hydrogens is 311 g/mol. The standard InChI is InChI=1S/C13H19FN4O3S/c1-21-8-2-7-18-9-15-13(16-10-18)17-22(19,20)12-5-3-11(14)4-6-12/h3-6H,2,7-10H2,1H3,(H2,15,16,17). The van der Waals surface area contributed by atoms with Crippen molar-refractivity contribution in [2.45, 2.75) is 11.3 Å². The predicted octanol–water partition coefficient (Wildman–Crippen LogP) is 0.317. The maximum atomic E-state index is 12.8. The number of nitrogens with one attached hydrogen (secondary N) is 2. The maximum Gasteiger partial charge on any atom is 0.264 e. The van der Waals surface area contributed by atoms with Crippen molar-refractivity contribution in [2.75, 3.05) is 33.6 Å². The molecule has 9 heteroatoms. The third kappa shape index (κ3) is 4.65. The van der Waals surface area contributed by atoms with E-state index in [-0.39, 0.29) is 10.9 Å². The SMILES string of the molecule is COCCCN1CN=C(NS(=O)(=O)c2ccc(F)cc2)NC1. The van der Waals surface area contributed by atoms with Gasteiger partial charge in [-0.15, -0.1) is 0 Å². The van der Waals surface area contributed by atoms with E-state index in [0.29, 0.717) is 19.9 Å². The Balaban J connectivity index is 1.92. The number of benzene rings is 1. The van der Waals surface area contributed by atoms with Crippen LogP contribution in [0.4, 0.5) is 4.39 Å². The summed E-state index contributed by atoms with van der Waals surface area (Å²) in [5, 5.41) is 2.90. The largest absolute Gasteiger partial charge is 0.385 e. The molecule has 0 fully saturated rings. The number of rotatable bonds is 6. The van der Waals surface area contributed by atoms with Gasteiger partial charge in [-0.25, -0.2) is 22.5 Å². The van der Waals surface area contributed by atoms with Gasteiger partial charge in [-0.1, -0.05) is 0 Å². The van der Waals surface area contributed by atoms with Gasteiger partial charge in [-0.2, -0.15) is 0 Å². The Morgan fingerprint density at radius 1 is 1.41 bits per heavy atom. The lowest BCUT2D eigenvalue weighted by Gasteiger charge is -2.26. The monoisotopic (exact) mass is 330 g/mol. The van der Waals surface area contributed by atoms with E-state index in [2.05, 4.69) is 15.0 Å². The lowest BCUT2D eigenvalue weighted by Crippen LogP contribution is -2.50. The van der Waals surface area contributed by atoms with E-state index in [1.807, 2.05) is 4.90 Å². The summed E-state index contributed by atoms with van der Waals surface area (Å²) in [5.41, 5.74) is 0. The van der Waals surface area contributed by atoms with Gasteiger partial charge in [0.15, 0.2) is 0 Å². The molecule has 7 nitrogen and oxygen atoms in total. The summed E-state index contributed by atoms with van der Waals surface area (Å²) < 4.78 is 44.4. The molecule has 0 saturated heterocycles. The fraction of sp³-hybridized carbons (Fsp3) is 0.462. The van der Waals surface area contributed by atoms with Crippen molar-refractivity contribution >= 4 is 16.0 Å². The smallest absolute Gasteiger partial charge is 0.264 e. The zero-order valence-electron chi connectivity index (χ0n) is 12.3. The van der Waals surface area contributed by atoms with Gasteiger partial charge in [0.25, 0.3) is 10.0 Å². The van der Waals surface area contributed by atoms with E-state index in [4.69, 9.17) is 4.74 Å². The highest BCUT2D eigenvalue weighted by Crippen LogP contribution is 2.09. The van der Waals surface area contributed by atoms with E-state index in [1.165, 1.54) is 12.1 Å². The van der Waals surface area contributed by atoms with Gasteiger partial charge >= 0.3 is 0 Å². The molecule has 1 aromatic carbocycles.